The van der Waals surface area contributed by atoms with Crippen molar-refractivity contribution >= 4 is 46.8 Å². The number of urea groups is 1. The molecule has 0 unspecified atom stereocenters. The summed E-state index contributed by atoms with van der Waals surface area (Å²) >= 11 is 12.6. The second-order valence-electron chi connectivity index (χ2n) is 6.84. The fourth-order valence-electron chi connectivity index (χ4n) is 2.63. The van der Waals surface area contributed by atoms with Gasteiger partial charge in [-0.25, -0.2) is 4.79 Å². The van der Waals surface area contributed by atoms with Gasteiger partial charge >= 0.3 is 6.03 Å². The molecular formula is C21H19Cl2N7O. The summed E-state index contributed by atoms with van der Waals surface area (Å²) in [6, 6.07) is 13.6. The van der Waals surface area contributed by atoms with Crippen molar-refractivity contribution in [1.29, 1.82) is 5.26 Å². The minimum atomic E-state index is -0.438. The molecule has 158 valence electrons. The maximum atomic E-state index is 12.1. The third-order valence-electron chi connectivity index (χ3n) is 3.99. The molecule has 0 fully saturated rings. The van der Waals surface area contributed by atoms with Crippen LogP contribution in [0.4, 0.5) is 22.4 Å². The molecule has 8 nitrogen and oxygen atoms in total. The molecule has 0 aliphatic rings. The summed E-state index contributed by atoms with van der Waals surface area (Å²) in [6.07, 6.45) is 0.240. The second-order valence-corrected chi connectivity index (χ2v) is 7.66. The number of hydrogen-bond donors (Lipinski definition) is 3. The summed E-state index contributed by atoms with van der Waals surface area (Å²) in [7, 11) is 0. The van der Waals surface area contributed by atoms with E-state index in [9.17, 15) is 4.79 Å². The Morgan fingerprint density at radius 3 is 2.29 bits per heavy atom. The van der Waals surface area contributed by atoms with E-state index in [4.69, 9.17) is 28.5 Å². The molecule has 3 aromatic rings. The van der Waals surface area contributed by atoms with E-state index in [1.807, 2.05) is 13.8 Å². The lowest BCUT2D eigenvalue weighted by molar-refractivity contribution is 0.250. The second kappa shape index (κ2) is 10.1. The van der Waals surface area contributed by atoms with Crippen LogP contribution in [0.5, 0.6) is 0 Å². The number of anilines is 3. The van der Waals surface area contributed by atoms with E-state index in [2.05, 4.69) is 37.0 Å². The van der Waals surface area contributed by atoms with Crippen LogP contribution in [0.3, 0.4) is 0 Å². The Labute approximate surface area is 189 Å². The van der Waals surface area contributed by atoms with Crippen molar-refractivity contribution in [1.82, 2.24) is 20.3 Å². The van der Waals surface area contributed by atoms with E-state index in [0.717, 1.165) is 0 Å². The quantitative estimate of drug-likeness (QED) is 0.485. The van der Waals surface area contributed by atoms with Gasteiger partial charge in [-0.1, -0.05) is 29.3 Å². The Kier molecular flexibility index (Phi) is 7.23. The van der Waals surface area contributed by atoms with Gasteiger partial charge in [-0.2, -0.15) is 20.2 Å². The van der Waals surface area contributed by atoms with Gasteiger partial charge in [0.05, 0.1) is 11.6 Å². The Bertz CT molecular complexity index is 1110. The Hall–Kier alpha value is -3.41. The average molecular weight is 456 g/mol. The van der Waals surface area contributed by atoms with Gasteiger partial charge in [-0.05, 0) is 55.8 Å². The maximum absolute atomic E-state index is 12.1. The SMILES string of the molecule is CC(C)NC(=O)Nc1nc(Cc2c(Cl)cccc2Cl)nc(Nc2ccc(C#N)cc2)n1. The molecule has 10 heteroatoms. The number of aromatic nitrogens is 3. The molecular weight excluding hydrogens is 437 g/mol. The summed E-state index contributed by atoms with van der Waals surface area (Å²) < 4.78 is 0. The predicted octanol–water partition coefficient (Wildman–Crippen LogP) is 4.91. The van der Waals surface area contributed by atoms with Crippen molar-refractivity contribution in [3.05, 3.63) is 69.5 Å². The number of nitriles is 1. The molecule has 0 aliphatic carbocycles. The van der Waals surface area contributed by atoms with Gasteiger partial charge in [0.2, 0.25) is 11.9 Å². The van der Waals surface area contributed by atoms with E-state index < -0.39 is 6.03 Å². The lowest BCUT2D eigenvalue weighted by Crippen LogP contribution is -2.34. The Balaban J connectivity index is 1.92. The van der Waals surface area contributed by atoms with Crippen molar-refractivity contribution in [2.75, 3.05) is 10.6 Å². The summed E-state index contributed by atoms with van der Waals surface area (Å²) in [5.41, 5.74) is 1.87. The number of benzene rings is 2. The zero-order chi connectivity index (χ0) is 22.4. The lowest BCUT2D eigenvalue weighted by atomic mass is 10.1. The summed E-state index contributed by atoms with van der Waals surface area (Å²) in [5, 5.41) is 18.3. The monoisotopic (exact) mass is 455 g/mol. The molecule has 31 heavy (non-hydrogen) atoms. The van der Waals surface area contributed by atoms with E-state index in [1.165, 1.54) is 0 Å². The minimum absolute atomic E-state index is 0.0560. The molecule has 0 atom stereocenters. The van der Waals surface area contributed by atoms with Crippen LogP contribution < -0.4 is 16.0 Å². The van der Waals surface area contributed by atoms with Crippen LogP contribution in [0, 0.1) is 11.3 Å². The number of rotatable bonds is 6. The van der Waals surface area contributed by atoms with Crippen LogP contribution in [-0.2, 0) is 6.42 Å². The maximum Gasteiger partial charge on any atom is 0.321 e. The Morgan fingerprint density at radius 1 is 1.03 bits per heavy atom. The molecule has 2 aromatic carbocycles. The van der Waals surface area contributed by atoms with Gasteiger partial charge < -0.3 is 10.6 Å². The molecule has 1 heterocycles. The van der Waals surface area contributed by atoms with Crippen molar-refractivity contribution < 1.29 is 4.79 Å². The molecule has 3 N–H and O–H groups in total. The molecule has 2 amide bonds. The highest BCUT2D eigenvalue weighted by molar-refractivity contribution is 6.36. The van der Waals surface area contributed by atoms with Crippen molar-refractivity contribution in [3.8, 4) is 6.07 Å². The fourth-order valence-corrected chi connectivity index (χ4v) is 3.16. The third kappa shape index (κ3) is 6.28. The van der Waals surface area contributed by atoms with Gasteiger partial charge in [0.15, 0.2) is 0 Å². The van der Waals surface area contributed by atoms with Crippen LogP contribution in [0.1, 0.15) is 30.8 Å². The number of halogens is 2. The number of carbonyl (C=O) groups excluding carboxylic acids is 1. The fraction of sp³-hybridized carbons (Fsp3) is 0.190. The zero-order valence-corrected chi connectivity index (χ0v) is 18.3. The van der Waals surface area contributed by atoms with Crippen LogP contribution in [0.2, 0.25) is 10.0 Å². The molecule has 0 spiro atoms. The zero-order valence-electron chi connectivity index (χ0n) is 16.8. The van der Waals surface area contributed by atoms with Crippen molar-refractivity contribution in [2.24, 2.45) is 0 Å². The van der Waals surface area contributed by atoms with E-state index in [0.29, 0.717) is 32.7 Å². The highest BCUT2D eigenvalue weighted by Crippen LogP contribution is 2.26. The van der Waals surface area contributed by atoms with Crippen LogP contribution in [0.25, 0.3) is 0 Å². The standard InChI is InChI=1S/C21H19Cl2N7O/c1-12(2)25-21(31)30-20-28-18(10-15-16(22)4-3-5-17(15)23)27-19(29-20)26-14-8-6-13(11-24)7-9-14/h3-9,12H,10H2,1-2H3,(H3,25,26,27,28,29,30,31). The van der Waals surface area contributed by atoms with E-state index in [-0.39, 0.29) is 24.4 Å². The van der Waals surface area contributed by atoms with Gasteiger partial charge in [-0.15, -0.1) is 0 Å². The van der Waals surface area contributed by atoms with Crippen LogP contribution >= 0.6 is 23.2 Å². The third-order valence-corrected chi connectivity index (χ3v) is 4.70. The number of nitrogens with one attached hydrogen (secondary N) is 3. The topological polar surface area (TPSA) is 116 Å². The van der Waals surface area contributed by atoms with Gasteiger partial charge in [0.1, 0.15) is 5.82 Å². The number of hydrogen-bond acceptors (Lipinski definition) is 6. The largest absolute Gasteiger partial charge is 0.336 e. The normalized spacial score (nSPS) is 10.5. The van der Waals surface area contributed by atoms with Crippen LogP contribution in [0.15, 0.2) is 42.5 Å². The van der Waals surface area contributed by atoms with Crippen LogP contribution in [-0.4, -0.2) is 27.0 Å². The average Bonchev–Trinajstić information content (AvgIpc) is 2.70. The number of amides is 2. The molecule has 0 saturated carbocycles. The Morgan fingerprint density at radius 2 is 1.68 bits per heavy atom. The molecule has 3 rings (SSSR count). The molecule has 0 saturated heterocycles. The van der Waals surface area contributed by atoms with E-state index >= 15 is 0 Å². The summed E-state index contributed by atoms with van der Waals surface area (Å²) in [6.45, 7) is 3.69. The van der Waals surface area contributed by atoms with Gasteiger partial charge in [0.25, 0.3) is 0 Å². The summed E-state index contributed by atoms with van der Waals surface area (Å²) in [4.78, 5) is 25.2. The first kappa shape index (κ1) is 22.3. The highest BCUT2D eigenvalue weighted by Gasteiger charge is 2.14. The first-order chi connectivity index (χ1) is 14.8. The molecule has 0 radical (unpaired) electrons. The first-order valence-corrected chi connectivity index (χ1v) is 10.1. The minimum Gasteiger partial charge on any atom is -0.336 e. The summed E-state index contributed by atoms with van der Waals surface area (Å²) in [5.74, 6) is 0.654. The number of nitrogens with zero attached hydrogens (tertiary/aromatic N) is 4. The smallest absolute Gasteiger partial charge is 0.321 e. The van der Waals surface area contributed by atoms with Gasteiger partial charge in [0, 0.05) is 28.2 Å². The molecule has 0 bridgehead atoms. The molecule has 1 aromatic heterocycles. The number of carbonyl (C=O) groups is 1. The van der Waals surface area contributed by atoms with Crippen molar-refractivity contribution in [2.45, 2.75) is 26.3 Å². The van der Waals surface area contributed by atoms with Crippen molar-refractivity contribution in [3.63, 3.8) is 0 Å². The first-order valence-electron chi connectivity index (χ1n) is 9.36. The van der Waals surface area contributed by atoms with E-state index in [1.54, 1.807) is 42.5 Å². The lowest BCUT2D eigenvalue weighted by Gasteiger charge is -2.12. The predicted molar refractivity (Wildman–Crippen MR) is 121 cm³/mol. The van der Waals surface area contributed by atoms with Gasteiger partial charge in [-0.3, -0.25) is 5.32 Å². The highest BCUT2D eigenvalue weighted by atomic mass is 35.5. The molecule has 0 aliphatic heterocycles.